The second-order valence-electron chi connectivity index (χ2n) is 34.0. The topological polar surface area (TPSA) is 41.1 Å². The van der Waals surface area contributed by atoms with Gasteiger partial charge in [-0.05, 0) is 196 Å². The molecular formula is C120H69N3O2S6. The minimum absolute atomic E-state index is 0.945. The molecule has 11 heteroatoms. The zero-order chi connectivity index (χ0) is 85.6. The van der Waals surface area contributed by atoms with E-state index in [1.54, 1.807) is 22.7 Å². The van der Waals surface area contributed by atoms with Gasteiger partial charge in [0.05, 0.1) is 37.1 Å². The summed E-state index contributed by atoms with van der Waals surface area (Å²) in [6.45, 7) is 0. The summed E-state index contributed by atoms with van der Waals surface area (Å²) in [7, 11) is 0. The maximum Gasteiger partial charge on any atom is 0.190 e. The van der Waals surface area contributed by atoms with E-state index in [-0.39, 0.29) is 0 Å². The van der Waals surface area contributed by atoms with Gasteiger partial charge in [-0.25, -0.2) is 0 Å². The Kier molecular flexibility index (Phi) is 16.9. The predicted octanol–water partition coefficient (Wildman–Crippen LogP) is 37.2. The first-order valence-corrected chi connectivity index (χ1v) is 49.0. The van der Waals surface area contributed by atoms with E-state index in [4.69, 9.17) is 8.83 Å². The van der Waals surface area contributed by atoms with Gasteiger partial charge >= 0.3 is 0 Å². The van der Waals surface area contributed by atoms with Crippen LogP contribution in [0.15, 0.2) is 427 Å². The number of para-hydroxylation sites is 7. The predicted molar refractivity (Wildman–Crippen MR) is 569 cm³/mol. The van der Waals surface area contributed by atoms with E-state index in [9.17, 15) is 0 Å². The van der Waals surface area contributed by atoms with Crippen LogP contribution in [-0.4, -0.2) is 13.7 Å². The van der Waals surface area contributed by atoms with E-state index >= 15 is 0 Å². The number of fused-ring (bicyclic) bond motifs is 30. The fourth-order valence-corrected chi connectivity index (χ4v) is 27.9. The first kappa shape index (κ1) is 74.8. The highest BCUT2D eigenvalue weighted by Gasteiger charge is 2.24. The van der Waals surface area contributed by atoms with E-state index in [0.717, 1.165) is 26.6 Å². The molecule has 0 fully saturated rings. The molecule has 5 nitrogen and oxygen atoms in total. The van der Waals surface area contributed by atoms with Crippen LogP contribution in [0, 0.1) is 0 Å². The first-order valence-electron chi connectivity index (χ1n) is 44.1. The van der Waals surface area contributed by atoms with Gasteiger partial charge in [-0.2, -0.15) is 0 Å². The molecular weight excluding hydrogens is 1710 g/mol. The maximum atomic E-state index is 6.22. The number of hydrogen-bond donors (Lipinski definition) is 0. The maximum absolute atomic E-state index is 6.22. The van der Waals surface area contributed by atoms with Gasteiger partial charge in [0, 0.05) is 168 Å². The highest BCUT2D eigenvalue weighted by atomic mass is 32.2. The van der Waals surface area contributed by atoms with Crippen LogP contribution in [0.5, 0.6) is 0 Å². The molecule has 131 heavy (non-hydrogen) atoms. The summed E-state index contributed by atoms with van der Waals surface area (Å²) in [6, 6.07) is 153. The van der Waals surface area contributed by atoms with Crippen LogP contribution in [-0.2, 0) is 0 Å². The summed E-state index contributed by atoms with van der Waals surface area (Å²) >= 11 is 11.1. The molecule has 0 aliphatic heterocycles. The van der Waals surface area contributed by atoms with Gasteiger partial charge in [0.25, 0.3) is 0 Å². The average molecular weight is 1780 g/mol. The summed E-state index contributed by atoms with van der Waals surface area (Å²) in [5.41, 5.74) is 25.1. The largest absolute Gasteiger partial charge is 0.445 e. The van der Waals surface area contributed by atoms with Crippen LogP contribution in [0.1, 0.15) is 0 Å². The number of rotatable bonds is 8. The monoisotopic (exact) mass is 1780 g/mol. The van der Waals surface area contributed by atoms with Crippen molar-refractivity contribution >= 4 is 266 Å². The summed E-state index contributed by atoms with van der Waals surface area (Å²) in [5, 5.41) is 24.4. The number of hydrogen-bond acceptors (Lipinski definition) is 8. The Morgan fingerprint density at radius 3 is 1.01 bits per heavy atom. The second-order valence-corrected chi connectivity index (χ2v) is 40.5. The van der Waals surface area contributed by atoms with Crippen molar-refractivity contribution in [2.24, 2.45) is 0 Å². The van der Waals surface area contributed by atoms with Gasteiger partial charge in [0.1, 0.15) is 11.2 Å². The Labute approximate surface area is 773 Å². The molecule has 19 aromatic carbocycles. The van der Waals surface area contributed by atoms with E-state index in [2.05, 4.69) is 420 Å². The SMILES string of the molecule is c1cc(-c2ccc3sc4oc5ccccc5c4c3c2)cc(-n2c3ccccc3c3cc(-n4c5ccccc5c5ccccc54)ccc32)c1.c1cc(-c2cccc(-n3c4ccccc4c4ccccc43)c2)cc(-c2ccc3sc4oc5ccccc5c4c3c2)c1.c1ccc2c(c1)sc1ccc(-c3ccc4sc5c(-c6cccc7c6sc6sc8ccccc8c67)cccc5c4c3)cc12. The molecule has 11 heterocycles. The third-order valence-corrected chi connectivity index (χ3v) is 33.7. The van der Waals surface area contributed by atoms with E-state index in [1.165, 1.54) is 244 Å². The highest BCUT2D eigenvalue weighted by molar-refractivity contribution is 7.44. The Morgan fingerprint density at radius 1 is 0.168 bits per heavy atom. The van der Waals surface area contributed by atoms with E-state index < -0.39 is 0 Å². The van der Waals surface area contributed by atoms with Gasteiger partial charge in [0.2, 0.25) is 0 Å². The van der Waals surface area contributed by atoms with Crippen LogP contribution in [0.4, 0.5) is 0 Å². The van der Waals surface area contributed by atoms with Crippen LogP contribution >= 0.6 is 68.0 Å². The Morgan fingerprint density at radius 2 is 0.504 bits per heavy atom. The minimum atomic E-state index is 0.945. The van der Waals surface area contributed by atoms with Crippen molar-refractivity contribution in [2.45, 2.75) is 0 Å². The third kappa shape index (κ3) is 11.9. The first-order chi connectivity index (χ1) is 64.9. The Bertz CT molecular complexity index is 9910. The molecule has 0 N–H and O–H groups in total. The molecule has 0 aliphatic rings. The van der Waals surface area contributed by atoms with Crippen molar-refractivity contribution < 1.29 is 8.83 Å². The molecule has 11 aromatic heterocycles. The van der Waals surface area contributed by atoms with Crippen LogP contribution in [0.25, 0.3) is 271 Å². The van der Waals surface area contributed by atoms with Crippen molar-refractivity contribution in [1.82, 2.24) is 13.7 Å². The van der Waals surface area contributed by atoms with Gasteiger partial charge < -0.3 is 22.5 Å². The summed E-state index contributed by atoms with van der Waals surface area (Å²) < 4.78 is 31.7. The lowest BCUT2D eigenvalue weighted by molar-refractivity contribution is 0.677. The zero-order valence-electron chi connectivity index (χ0n) is 69.9. The molecule has 30 rings (SSSR count). The van der Waals surface area contributed by atoms with Gasteiger partial charge in [-0.3, -0.25) is 0 Å². The zero-order valence-corrected chi connectivity index (χ0v) is 74.8. The van der Waals surface area contributed by atoms with Crippen molar-refractivity contribution in [3.63, 3.8) is 0 Å². The van der Waals surface area contributed by atoms with Crippen LogP contribution in [0.2, 0.25) is 0 Å². The minimum Gasteiger partial charge on any atom is -0.445 e. The molecule has 0 unspecified atom stereocenters. The number of furan rings is 2. The molecule has 0 spiro atoms. The standard InChI is InChI=1S/C44H26N2OS.C38H23NOS.C38H20S4/c1-5-16-37-31(12-1)32-13-2-6-17-38(32)46(37)30-21-22-40-35(26-30)33-14-3-7-18-39(33)45(40)29-11-9-10-27(24-29)28-20-23-42-36(25-28)43-34-15-4-8-19-41(34)47-44(43)48-42;1-4-16-33-29(13-1)30-14-2-5-17-34(30)39(33)28-12-8-11-26(22-28)24-9-7-10-25(21-24)27-19-20-36-32(23-27)37-31-15-3-6-18-35(31)40-38(37)41-36;1-3-13-31-23(7-1)29-19-21(15-17-33(29)39-31)22-16-18-34-30(20-22)26-11-5-9-24(36(26)40-34)25-10-6-12-28-35-27-8-2-4-14-32(27)41-38(35)42-37(25)28/h1-26H;1-23H;1-20H. The van der Waals surface area contributed by atoms with Crippen LogP contribution in [0.3, 0.4) is 0 Å². The fourth-order valence-electron chi connectivity index (χ4n) is 20.8. The second kappa shape index (κ2) is 29.6. The van der Waals surface area contributed by atoms with Gasteiger partial charge in [-0.15, -0.1) is 45.3 Å². The smallest absolute Gasteiger partial charge is 0.190 e. The lowest BCUT2D eigenvalue weighted by atomic mass is 9.97. The van der Waals surface area contributed by atoms with E-state index in [0.29, 0.717) is 0 Å². The molecule has 0 saturated carbocycles. The molecule has 0 atom stereocenters. The molecule has 0 aliphatic carbocycles. The fraction of sp³-hybridized carbons (Fsp3) is 0. The molecule has 0 bridgehead atoms. The van der Waals surface area contributed by atoms with Crippen LogP contribution < -0.4 is 0 Å². The summed E-state index contributed by atoms with van der Waals surface area (Å²) in [5.74, 6) is 0. The average Bonchev–Trinajstić information content (AvgIpc) is 1.58. The van der Waals surface area contributed by atoms with E-state index in [1.807, 2.05) is 57.5 Å². The number of thiophene rings is 6. The summed E-state index contributed by atoms with van der Waals surface area (Å²) in [6.07, 6.45) is 0. The number of aromatic nitrogens is 3. The highest BCUT2D eigenvalue weighted by Crippen LogP contribution is 2.52. The number of benzene rings is 19. The van der Waals surface area contributed by atoms with Crippen molar-refractivity contribution in [2.75, 3.05) is 0 Å². The van der Waals surface area contributed by atoms with Crippen molar-refractivity contribution in [3.8, 4) is 72.7 Å². The Hall–Kier alpha value is -15.3. The van der Waals surface area contributed by atoms with Crippen molar-refractivity contribution in [3.05, 3.63) is 419 Å². The van der Waals surface area contributed by atoms with Crippen molar-refractivity contribution in [1.29, 1.82) is 0 Å². The Balaban J connectivity index is 0.0000000990. The normalized spacial score (nSPS) is 12.1. The van der Waals surface area contributed by atoms with Gasteiger partial charge in [-0.1, -0.05) is 290 Å². The lowest BCUT2D eigenvalue weighted by Gasteiger charge is -2.12. The molecule has 30 aromatic rings. The summed E-state index contributed by atoms with van der Waals surface area (Å²) in [4.78, 5) is 1.98. The molecule has 0 radical (unpaired) electrons. The molecule has 0 amide bonds. The molecule has 612 valence electrons. The van der Waals surface area contributed by atoms with Gasteiger partial charge in [0.15, 0.2) is 9.79 Å². The quantitative estimate of drug-likeness (QED) is 0.152. The number of nitrogens with zero attached hydrogens (tertiary/aromatic N) is 3. The lowest BCUT2D eigenvalue weighted by Crippen LogP contribution is -1.96. The molecule has 0 saturated heterocycles. The third-order valence-electron chi connectivity index (χ3n) is 26.7.